The van der Waals surface area contributed by atoms with Crippen molar-refractivity contribution in [3.05, 3.63) is 101 Å². The average molecular weight is 715 g/mol. The van der Waals surface area contributed by atoms with Crippen molar-refractivity contribution in [2.45, 2.75) is 65.2 Å². The minimum absolute atomic E-state index is 0. The summed E-state index contributed by atoms with van der Waals surface area (Å²) >= 11 is 3.18. The maximum atomic E-state index is 11.0. The van der Waals surface area contributed by atoms with Crippen LogP contribution in [0.5, 0.6) is 11.5 Å². The Morgan fingerprint density at radius 1 is 0.591 bits per heavy atom. The molecular weight excluding hydrogens is 675 g/mol. The summed E-state index contributed by atoms with van der Waals surface area (Å²) in [5.74, 6) is 2.18. The van der Waals surface area contributed by atoms with Crippen LogP contribution in [0.2, 0.25) is 0 Å². The molecule has 0 unspecified atom stereocenters. The van der Waals surface area contributed by atoms with Gasteiger partial charge in [0.2, 0.25) is 0 Å². The standard InChI is InChI=1S/C15H21BN6.2C8H10OS.Mo.O/c1-10-7-13(4)20(17-10)16(21-14(5)8-11(2)18-21)22-15(6)9-12(3)19-22;2*1-2-10-8-6-4-3-5-7(8)9;;/h7-9H,1-6H3;2*3-6,9H,2H2,1H3;;/q-1;;;;-2/p-2. The molecule has 5 rings (SSSR count). The maximum Gasteiger partial charge on any atom is 0.261 e. The Balaban J connectivity index is 0.000000369. The van der Waals surface area contributed by atoms with E-state index >= 15 is 0 Å². The second-order valence-corrected chi connectivity index (χ2v) is 12.3. The second-order valence-electron chi connectivity index (χ2n) is 9.72. The Kier molecular flexibility index (Phi) is 16.7. The molecular formula is C31H39BMoN6O3S2-5. The van der Waals surface area contributed by atoms with E-state index in [1.165, 1.54) is 0 Å². The second kappa shape index (κ2) is 18.8. The smallest absolute Gasteiger partial charge is 0.261 e. The van der Waals surface area contributed by atoms with Crippen LogP contribution < -0.4 is 10.2 Å². The summed E-state index contributed by atoms with van der Waals surface area (Å²) in [5.41, 5.74) is 6.23. The van der Waals surface area contributed by atoms with Gasteiger partial charge in [0, 0.05) is 21.1 Å². The van der Waals surface area contributed by atoms with Gasteiger partial charge in [-0.2, -0.15) is 0 Å². The first-order chi connectivity index (χ1) is 20.0. The van der Waals surface area contributed by atoms with Crippen molar-refractivity contribution in [3.63, 3.8) is 0 Å². The first-order valence-electron chi connectivity index (χ1n) is 13.9. The largest absolute Gasteiger partial charge is 2.00 e. The Morgan fingerprint density at radius 2 is 0.886 bits per heavy atom. The minimum Gasteiger partial charge on any atom is -2.00 e. The van der Waals surface area contributed by atoms with Crippen LogP contribution in [-0.2, 0) is 26.5 Å². The molecule has 0 bridgehead atoms. The molecule has 237 valence electrons. The molecule has 1 radical (unpaired) electrons. The third-order valence-electron chi connectivity index (χ3n) is 6.09. The molecule has 0 saturated carbocycles. The predicted molar refractivity (Wildman–Crippen MR) is 172 cm³/mol. The van der Waals surface area contributed by atoms with Crippen molar-refractivity contribution in [1.82, 2.24) is 29.1 Å². The molecule has 0 atom stereocenters. The number of nitrogens with zero attached hydrogens (tertiary/aromatic N) is 6. The Hall–Kier alpha value is -2.92. The predicted octanol–water partition coefficient (Wildman–Crippen LogP) is 5.68. The molecule has 0 aliphatic heterocycles. The van der Waals surface area contributed by atoms with E-state index in [1.54, 1.807) is 47.8 Å². The molecule has 0 fully saturated rings. The summed E-state index contributed by atoms with van der Waals surface area (Å²) in [5, 5.41) is 36.0. The van der Waals surface area contributed by atoms with Crippen LogP contribution >= 0.6 is 23.5 Å². The monoisotopic (exact) mass is 716 g/mol. The molecule has 0 saturated heterocycles. The van der Waals surface area contributed by atoms with Crippen LogP contribution in [0, 0.1) is 41.5 Å². The van der Waals surface area contributed by atoms with E-state index in [1.807, 2.05) is 72.7 Å². The van der Waals surface area contributed by atoms with E-state index in [9.17, 15) is 10.2 Å². The molecule has 3 heterocycles. The third-order valence-corrected chi connectivity index (χ3v) is 7.96. The first-order valence-corrected chi connectivity index (χ1v) is 15.9. The van der Waals surface area contributed by atoms with Crippen LogP contribution in [0.4, 0.5) is 0 Å². The number of benzene rings is 2. The zero-order valence-electron chi connectivity index (χ0n) is 26.5. The zero-order valence-corrected chi connectivity index (χ0v) is 30.1. The fourth-order valence-electron chi connectivity index (χ4n) is 4.40. The molecule has 2 aromatic carbocycles. The summed E-state index contributed by atoms with van der Waals surface area (Å²) in [6.45, 7) is 16.3. The average Bonchev–Trinajstić information content (AvgIpc) is 3.58. The molecule has 0 spiro atoms. The van der Waals surface area contributed by atoms with Gasteiger partial charge < -0.3 is 29.5 Å². The molecule has 0 aliphatic rings. The number of hydrogen-bond acceptors (Lipinski definition) is 7. The Bertz CT molecular complexity index is 1430. The fourth-order valence-corrected chi connectivity index (χ4v) is 5.79. The van der Waals surface area contributed by atoms with Gasteiger partial charge in [0.15, 0.2) is 0 Å². The Labute approximate surface area is 284 Å². The number of hydrogen-bond donors (Lipinski definition) is 0. The van der Waals surface area contributed by atoms with Crippen LogP contribution in [0.1, 0.15) is 48.0 Å². The molecule has 9 nitrogen and oxygen atoms in total. The summed E-state index contributed by atoms with van der Waals surface area (Å²) in [7, 11) is -0.226. The van der Waals surface area contributed by atoms with Crippen LogP contribution in [0.15, 0.2) is 76.5 Å². The van der Waals surface area contributed by atoms with Crippen molar-refractivity contribution in [3.8, 4) is 11.5 Å². The SMILES string of the molecule is CCSc1ccccc1[O-].CCSc1ccccc1[O-].Cc1cc(C)n([B-](n2nc(C)cc2C)n2nc(C)cc2C)n1.[Mo].[O-2]. The molecule has 5 aromatic rings. The van der Waals surface area contributed by atoms with E-state index < -0.39 is 0 Å². The van der Waals surface area contributed by atoms with Crippen LogP contribution in [0.25, 0.3) is 0 Å². The van der Waals surface area contributed by atoms with E-state index in [4.69, 9.17) is 0 Å². The molecule has 44 heavy (non-hydrogen) atoms. The fraction of sp³-hybridized carbons (Fsp3) is 0.323. The summed E-state index contributed by atoms with van der Waals surface area (Å²) in [6, 6.07) is 20.4. The third kappa shape index (κ3) is 10.6. The molecule has 3 aromatic heterocycles. The quantitative estimate of drug-likeness (QED) is 0.157. The van der Waals surface area contributed by atoms with E-state index in [2.05, 4.69) is 54.3 Å². The van der Waals surface area contributed by atoms with E-state index in [-0.39, 0.29) is 45.2 Å². The van der Waals surface area contributed by atoms with Gasteiger partial charge in [0.25, 0.3) is 7.12 Å². The van der Waals surface area contributed by atoms with Crippen molar-refractivity contribution in [2.24, 2.45) is 0 Å². The van der Waals surface area contributed by atoms with Crippen molar-refractivity contribution in [1.29, 1.82) is 0 Å². The van der Waals surface area contributed by atoms with Gasteiger partial charge in [-0.25, -0.2) is 15.3 Å². The van der Waals surface area contributed by atoms with Crippen LogP contribution in [-0.4, -0.2) is 47.7 Å². The van der Waals surface area contributed by atoms with Gasteiger partial charge >= 0.3 is 0 Å². The topological polar surface area (TPSA) is 128 Å². The van der Waals surface area contributed by atoms with Gasteiger partial charge in [0.1, 0.15) is 0 Å². The van der Waals surface area contributed by atoms with E-state index in [0.717, 1.165) is 55.5 Å². The molecule has 0 amide bonds. The van der Waals surface area contributed by atoms with Gasteiger partial charge in [-0.3, -0.25) is 0 Å². The molecule has 13 heteroatoms. The van der Waals surface area contributed by atoms with Crippen LogP contribution in [0.3, 0.4) is 0 Å². The normalized spacial score (nSPS) is 10.2. The maximum absolute atomic E-state index is 11.0. The molecule has 0 aliphatic carbocycles. The molecule has 0 N–H and O–H groups in total. The van der Waals surface area contributed by atoms with Gasteiger partial charge in [0.05, 0.1) is 17.1 Å². The van der Waals surface area contributed by atoms with Gasteiger partial charge in [-0.05, 0) is 110 Å². The summed E-state index contributed by atoms with van der Waals surface area (Å²) in [6.07, 6.45) is 0. The number of aryl methyl sites for hydroxylation is 6. The minimum atomic E-state index is -0.226. The van der Waals surface area contributed by atoms with Crippen molar-refractivity contribution >= 4 is 30.6 Å². The number of aromatic nitrogens is 6. The van der Waals surface area contributed by atoms with E-state index in [0.29, 0.717) is 0 Å². The van der Waals surface area contributed by atoms with Gasteiger partial charge in [-0.1, -0.05) is 61.7 Å². The summed E-state index contributed by atoms with van der Waals surface area (Å²) in [4.78, 5) is 1.70. The van der Waals surface area contributed by atoms with Gasteiger partial charge in [-0.15, -0.1) is 23.5 Å². The summed E-state index contributed by atoms with van der Waals surface area (Å²) < 4.78 is 5.94. The number of para-hydroxylation sites is 2. The first kappa shape index (κ1) is 39.1. The number of thioether (sulfide) groups is 2. The number of rotatable bonds is 7. The van der Waals surface area contributed by atoms with Crippen molar-refractivity contribution in [2.75, 3.05) is 11.5 Å². The Morgan fingerprint density at radius 3 is 1.11 bits per heavy atom. The zero-order chi connectivity index (χ0) is 30.8. The van der Waals surface area contributed by atoms with Crippen molar-refractivity contribution < 1.29 is 36.8 Å².